The van der Waals surface area contributed by atoms with Gasteiger partial charge in [-0.25, -0.2) is 9.50 Å². The number of rotatable bonds is 4. The molecule has 5 heterocycles. The van der Waals surface area contributed by atoms with E-state index in [9.17, 15) is 18.0 Å². The number of alkyl halides is 3. The number of nitrogens with one attached hydrogen (secondary N) is 2. The number of halogens is 3. The molecule has 8 nitrogen and oxygen atoms in total. The third-order valence-electron chi connectivity index (χ3n) is 6.55. The van der Waals surface area contributed by atoms with Gasteiger partial charge < -0.3 is 15.4 Å². The molecule has 1 aromatic carbocycles. The largest absolute Gasteiger partial charge is 0.417 e. The second-order valence-corrected chi connectivity index (χ2v) is 8.87. The third-order valence-corrected chi connectivity index (χ3v) is 6.55. The van der Waals surface area contributed by atoms with Crippen molar-refractivity contribution >= 4 is 11.6 Å². The SMILES string of the molecule is O=C(NC1=CC=CC(N2CC3(CCO3)C2)N1)c1cnc2ccc(-c3ccccc3C(F)(F)F)nn12. The Morgan fingerprint density at radius 3 is 2.74 bits per heavy atom. The van der Waals surface area contributed by atoms with Crippen molar-refractivity contribution in [2.45, 2.75) is 24.4 Å². The lowest BCUT2D eigenvalue weighted by Gasteiger charge is -2.57. The summed E-state index contributed by atoms with van der Waals surface area (Å²) in [6, 6.07) is 8.19. The van der Waals surface area contributed by atoms with Crippen LogP contribution in [0.3, 0.4) is 0 Å². The number of fused-ring (bicyclic) bond motifs is 1. The van der Waals surface area contributed by atoms with Crippen molar-refractivity contribution in [2.24, 2.45) is 0 Å². The van der Waals surface area contributed by atoms with E-state index < -0.39 is 17.6 Å². The molecular weight excluding hydrogens is 461 g/mol. The number of dihydropyridines is 1. The van der Waals surface area contributed by atoms with Crippen LogP contribution in [-0.4, -0.2) is 56.9 Å². The summed E-state index contributed by atoms with van der Waals surface area (Å²) in [7, 11) is 0. The molecule has 2 saturated heterocycles. The Labute approximate surface area is 198 Å². The molecule has 2 N–H and O–H groups in total. The van der Waals surface area contributed by atoms with Crippen LogP contribution in [0.4, 0.5) is 13.2 Å². The van der Waals surface area contributed by atoms with Gasteiger partial charge in [0.1, 0.15) is 12.0 Å². The van der Waals surface area contributed by atoms with Gasteiger partial charge >= 0.3 is 6.18 Å². The van der Waals surface area contributed by atoms with Crippen LogP contribution in [0.2, 0.25) is 0 Å². The maximum atomic E-state index is 13.5. The van der Waals surface area contributed by atoms with Gasteiger partial charge in [-0.15, -0.1) is 0 Å². The highest BCUT2D eigenvalue weighted by molar-refractivity contribution is 5.94. The number of amides is 1. The minimum Gasteiger partial charge on any atom is -0.372 e. The zero-order valence-electron chi connectivity index (χ0n) is 18.4. The zero-order chi connectivity index (χ0) is 24.2. The maximum absolute atomic E-state index is 13.5. The van der Waals surface area contributed by atoms with Gasteiger partial charge in [0, 0.05) is 25.1 Å². The van der Waals surface area contributed by atoms with E-state index in [1.54, 1.807) is 6.08 Å². The molecule has 0 radical (unpaired) electrons. The van der Waals surface area contributed by atoms with Crippen LogP contribution in [-0.2, 0) is 10.9 Å². The van der Waals surface area contributed by atoms with Gasteiger partial charge in [-0.1, -0.05) is 24.3 Å². The highest BCUT2D eigenvalue weighted by Gasteiger charge is 2.50. The lowest BCUT2D eigenvalue weighted by molar-refractivity contribution is -0.228. The monoisotopic (exact) mass is 482 g/mol. The normalized spacial score (nSPS) is 21.2. The first-order valence-electron chi connectivity index (χ1n) is 11.2. The number of hydrogen-bond acceptors (Lipinski definition) is 6. The number of aromatic nitrogens is 3. The number of imidazole rings is 1. The Balaban J connectivity index is 1.22. The molecule has 1 atom stereocenters. The van der Waals surface area contributed by atoms with Crippen molar-refractivity contribution in [2.75, 3.05) is 19.7 Å². The van der Waals surface area contributed by atoms with Crippen molar-refractivity contribution in [3.63, 3.8) is 0 Å². The van der Waals surface area contributed by atoms with E-state index >= 15 is 0 Å². The van der Waals surface area contributed by atoms with Gasteiger partial charge in [-0.3, -0.25) is 9.69 Å². The third kappa shape index (κ3) is 3.86. The lowest BCUT2D eigenvalue weighted by atomic mass is 9.85. The summed E-state index contributed by atoms with van der Waals surface area (Å²) >= 11 is 0. The summed E-state index contributed by atoms with van der Waals surface area (Å²) in [6.07, 6.45) is 3.41. The van der Waals surface area contributed by atoms with Crippen molar-refractivity contribution < 1.29 is 22.7 Å². The maximum Gasteiger partial charge on any atom is 0.417 e. The smallest absolute Gasteiger partial charge is 0.372 e. The second-order valence-electron chi connectivity index (χ2n) is 8.87. The lowest BCUT2D eigenvalue weighted by Crippen LogP contribution is -2.72. The topological polar surface area (TPSA) is 83.8 Å². The molecule has 3 aliphatic heterocycles. The van der Waals surface area contributed by atoms with Crippen LogP contribution in [0.25, 0.3) is 16.9 Å². The van der Waals surface area contributed by atoms with E-state index in [1.807, 2.05) is 12.2 Å². The minimum absolute atomic E-state index is 0.00921. The van der Waals surface area contributed by atoms with E-state index in [1.165, 1.54) is 41.0 Å². The molecule has 1 unspecified atom stereocenters. The van der Waals surface area contributed by atoms with Gasteiger partial charge in [-0.2, -0.15) is 18.3 Å². The van der Waals surface area contributed by atoms with Gasteiger partial charge in [-0.05, 0) is 30.4 Å². The molecule has 0 bridgehead atoms. The summed E-state index contributed by atoms with van der Waals surface area (Å²) in [6.45, 7) is 2.46. The Hall–Kier alpha value is -3.70. The standard InChI is InChI=1S/C24H21F3N6O2/c25-24(26,27)16-5-2-1-4-15(16)17-8-9-20-28-12-18(33(20)31-17)22(34)30-19-6-3-7-21(29-19)32-13-23(14-32)10-11-35-23/h1-9,12,21,29H,10-11,13-14H2,(H,30,34). The summed E-state index contributed by atoms with van der Waals surface area (Å²) < 4.78 is 47.4. The molecule has 3 aliphatic rings. The summed E-state index contributed by atoms with van der Waals surface area (Å²) in [4.78, 5) is 19.4. The van der Waals surface area contributed by atoms with Crippen LogP contribution < -0.4 is 10.6 Å². The molecule has 11 heteroatoms. The van der Waals surface area contributed by atoms with E-state index in [2.05, 4.69) is 25.6 Å². The fourth-order valence-electron chi connectivity index (χ4n) is 4.65. The predicted octanol–water partition coefficient (Wildman–Crippen LogP) is 2.95. The minimum atomic E-state index is -4.54. The average molecular weight is 482 g/mol. The number of allylic oxidation sites excluding steroid dienone is 2. The number of nitrogens with zero attached hydrogens (tertiary/aromatic N) is 4. The molecule has 2 fully saturated rings. The highest BCUT2D eigenvalue weighted by Crippen LogP contribution is 2.37. The van der Waals surface area contributed by atoms with Crippen LogP contribution in [0.15, 0.2) is 66.6 Å². The number of likely N-dealkylation sites (tertiary alicyclic amines) is 1. The molecule has 180 valence electrons. The first kappa shape index (κ1) is 21.8. The molecule has 1 spiro atoms. The van der Waals surface area contributed by atoms with Gasteiger partial charge in [0.2, 0.25) is 0 Å². The highest BCUT2D eigenvalue weighted by atomic mass is 19.4. The summed E-state index contributed by atoms with van der Waals surface area (Å²) in [5, 5.41) is 10.4. The van der Waals surface area contributed by atoms with Gasteiger partial charge in [0.15, 0.2) is 11.3 Å². The molecule has 0 aliphatic carbocycles. The van der Waals surface area contributed by atoms with Gasteiger partial charge in [0.05, 0.1) is 29.7 Å². The Kier molecular flexibility index (Phi) is 4.94. The van der Waals surface area contributed by atoms with E-state index in [-0.39, 0.29) is 28.7 Å². The molecule has 1 amide bonds. The van der Waals surface area contributed by atoms with E-state index in [0.717, 1.165) is 32.2 Å². The Morgan fingerprint density at radius 1 is 1.20 bits per heavy atom. The molecule has 2 aromatic heterocycles. The fraction of sp³-hybridized carbons (Fsp3) is 0.292. The number of carbonyl (C=O) groups excluding carboxylic acids is 1. The average Bonchev–Trinajstić information content (AvgIpc) is 3.20. The number of carbonyl (C=O) groups is 1. The quantitative estimate of drug-likeness (QED) is 0.595. The summed E-state index contributed by atoms with van der Waals surface area (Å²) in [5.74, 6) is 0.0213. The number of benzene rings is 1. The van der Waals surface area contributed by atoms with Crippen LogP contribution >= 0.6 is 0 Å². The number of hydrogen-bond donors (Lipinski definition) is 2. The van der Waals surface area contributed by atoms with Crippen molar-refractivity contribution in [1.82, 2.24) is 30.1 Å². The van der Waals surface area contributed by atoms with Crippen molar-refractivity contribution in [3.05, 3.63) is 77.9 Å². The van der Waals surface area contributed by atoms with Gasteiger partial charge in [0.25, 0.3) is 5.91 Å². The van der Waals surface area contributed by atoms with Crippen LogP contribution in [0.1, 0.15) is 22.5 Å². The molecular formula is C24H21F3N6O2. The predicted molar refractivity (Wildman–Crippen MR) is 120 cm³/mol. The van der Waals surface area contributed by atoms with Crippen molar-refractivity contribution in [3.8, 4) is 11.3 Å². The molecule has 35 heavy (non-hydrogen) atoms. The van der Waals surface area contributed by atoms with E-state index in [4.69, 9.17) is 4.74 Å². The van der Waals surface area contributed by atoms with Crippen LogP contribution in [0.5, 0.6) is 0 Å². The Bertz CT molecular complexity index is 1370. The fourth-order valence-corrected chi connectivity index (χ4v) is 4.65. The first-order chi connectivity index (χ1) is 16.8. The molecule has 0 saturated carbocycles. The van der Waals surface area contributed by atoms with Crippen LogP contribution in [0, 0.1) is 0 Å². The first-order valence-corrected chi connectivity index (χ1v) is 11.2. The number of ether oxygens (including phenoxy) is 1. The van der Waals surface area contributed by atoms with E-state index in [0.29, 0.717) is 11.5 Å². The summed E-state index contributed by atoms with van der Waals surface area (Å²) in [5.41, 5.74) is -0.351. The second kappa shape index (κ2) is 7.92. The Morgan fingerprint density at radius 2 is 2.00 bits per heavy atom. The van der Waals surface area contributed by atoms with Crippen molar-refractivity contribution in [1.29, 1.82) is 0 Å². The molecule has 6 rings (SSSR count). The molecule has 3 aromatic rings. The zero-order valence-corrected chi connectivity index (χ0v) is 18.4.